The molecule has 0 fully saturated rings. The van der Waals surface area contributed by atoms with Crippen LogP contribution in [-0.2, 0) is 22.8 Å². The van der Waals surface area contributed by atoms with E-state index in [0.29, 0.717) is 17.5 Å². The molecule has 33 heavy (non-hydrogen) atoms. The van der Waals surface area contributed by atoms with Crippen LogP contribution in [0.15, 0.2) is 64.7 Å². The lowest BCUT2D eigenvalue weighted by atomic mass is 10.0. The Morgan fingerprint density at radius 1 is 1.21 bits per heavy atom. The van der Waals surface area contributed by atoms with Gasteiger partial charge in [0.15, 0.2) is 5.16 Å². The summed E-state index contributed by atoms with van der Waals surface area (Å²) in [6.45, 7) is 8.58. The summed E-state index contributed by atoms with van der Waals surface area (Å²) in [4.78, 5) is 12.6. The Morgan fingerprint density at radius 3 is 2.67 bits per heavy atom. The zero-order chi connectivity index (χ0) is 23.8. The molecule has 0 spiro atoms. The van der Waals surface area contributed by atoms with Gasteiger partial charge >= 0.3 is 0 Å². The van der Waals surface area contributed by atoms with Crippen molar-refractivity contribution >= 4 is 51.0 Å². The molecular formula is C24H26BrFN4OS2. The first kappa shape index (κ1) is 25.5. The SMILES string of the molecule is C=CCn1c(CSCc2ccc(F)cc2)nnc1SCC(=O)Nc1ccc(Br)cc1C(C)C. The van der Waals surface area contributed by atoms with Gasteiger partial charge in [-0.2, -0.15) is 0 Å². The van der Waals surface area contributed by atoms with E-state index in [9.17, 15) is 9.18 Å². The van der Waals surface area contributed by atoms with Gasteiger partial charge in [-0.05, 0) is 47.4 Å². The molecule has 3 aromatic rings. The predicted molar refractivity (Wildman–Crippen MR) is 139 cm³/mol. The zero-order valence-corrected chi connectivity index (χ0v) is 21.8. The van der Waals surface area contributed by atoms with E-state index in [4.69, 9.17) is 0 Å². The van der Waals surface area contributed by atoms with Crippen LogP contribution < -0.4 is 5.32 Å². The van der Waals surface area contributed by atoms with Crippen LogP contribution in [0.25, 0.3) is 0 Å². The zero-order valence-electron chi connectivity index (χ0n) is 18.6. The molecule has 0 atom stereocenters. The normalized spacial score (nSPS) is 11.1. The first-order chi connectivity index (χ1) is 15.9. The monoisotopic (exact) mass is 548 g/mol. The van der Waals surface area contributed by atoms with E-state index in [2.05, 4.69) is 51.9 Å². The van der Waals surface area contributed by atoms with E-state index < -0.39 is 0 Å². The number of anilines is 1. The van der Waals surface area contributed by atoms with Crippen molar-refractivity contribution < 1.29 is 9.18 Å². The van der Waals surface area contributed by atoms with Crippen LogP contribution in [0.3, 0.4) is 0 Å². The molecule has 0 radical (unpaired) electrons. The van der Waals surface area contributed by atoms with Crippen molar-refractivity contribution in [2.75, 3.05) is 11.1 Å². The van der Waals surface area contributed by atoms with Gasteiger partial charge in [-0.25, -0.2) is 4.39 Å². The number of hydrogen-bond donors (Lipinski definition) is 1. The van der Waals surface area contributed by atoms with Gasteiger partial charge in [0, 0.05) is 22.5 Å². The summed E-state index contributed by atoms with van der Waals surface area (Å²) in [5.41, 5.74) is 2.96. The van der Waals surface area contributed by atoms with Crippen LogP contribution in [0.5, 0.6) is 0 Å². The molecule has 3 rings (SSSR count). The minimum Gasteiger partial charge on any atom is -0.325 e. The molecule has 1 aromatic heterocycles. The fraction of sp³-hybridized carbons (Fsp3) is 0.292. The van der Waals surface area contributed by atoms with Crippen molar-refractivity contribution in [3.8, 4) is 0 Å². The minimum absolute atomic E-state index is 0.0930. The quantitative estimate of drug-likeness (QED) is 0.214. The van der Waals surface area contributed by atoms with Gasteiger partial charge in [-0.3, -0.25) is 4.79 Å². The molecule has 2 aromatic carbocycles. The van der Waals surface area contributed by atoms with Crippen molar-refractivity contribution in [2.24, 2.45) is 0 Å². The molecule has 5 nitrogen and oxygen atoms in total. The highest BCUT2D eigenvalue weighted by Gasteiger charge is 2.15. The number of carbonyl (C=O) groups is 1. The number of thioether (sulfide) groups is 2. The third-order valence-electron chi connectivity index (χ3n) is 4.76. The third kappa shape index (κ3) is 7.45. The summed E-state index contributed by atoms with van der Waals surface area (Å²) in [6, 6.07) is 12.4. The summed E-state index contributed by atoms with van der Waals surface area (Å²) in [7, 11) is 0. The highest BCUT2D eigenvalue weighted by Crippen LogP contribution is 2.28. The molecule has 1 N–H and O–H groups in total. The lowest BCUT2D eigenvalue weighted by Crippen LogP contribution is -2.16. The molecule has 0 aliphatic rings. The second-order valence-corrected chi connectivity index (χ2v) is 10.5. The predicted octanol–water partition coefficient (Wildman–Crippen LogP) is 6.65. The van der Waals surface area contributed by atoms with Gasteiger partial charge in [0.1, 0.15) is 11.6 Å². The minimum atomic E-state index is -0.235. The smallest absolute Gasteiger partial charge is 0.234 e. The number of nitrogens with one attached hydrogen (secondary N) is 1. The number of amides is 1. The van der Waals surface area contributed by atoms with E-state index in [0.717, 1.165) is 32.9 Å². The summed E-state index contributed by atoms with van der Waals surface area (Å²) in [5.74, 6) is 2.41. The Hall–Kier alpha value is -2.10. The molecule has 0 bridgehead atoms. The fourth-order valence-corrected chi connectivity index (χ4v) is 5.20. The van der Waals surface area contributed by atoms with Crippen LogP contribution in [0.4, 0.5) is 10.1 Å². The number of benzene rings is 2. The Balaban J connectivity index is 1.59. The first-order valence-corrected chi connectivity index (χ1v) is 13.4. The lowest BCUT2D eigenvalue weighted by Gasteiger charge is -2.14. The maximum Gasteiger partial charge on any atom is 0.234 e. The second kappa shape index (κ2) is 12.4. The first-order valence-electron chi connectivity index (χ1n) is 10.4. The number of rotatable bonds is 11. The maximum absolute atomic E-state index is 13.1. The Labute approximate surface area is 210 Å². The molecule has 9 heteroatoms. The molecule has 1 amide bonds. The number of aromatic nitrogens is 3. The molecule has 0 saturated heterocycles. The number of allylic oxidation sites excluding steroid dienone is 1. The number of hydrogen-bond acceptors (Lipinski definition) is 5. The van der Waals surface area contributed by atoms with Crippen LogP contribution >= 0.6 is 39.5 Å². The van der Waals surface area contributed by atoms with Gasteiger partial charge in [0.25, 0.3) is 0 Å². The van der Waals surface area contributed by atoms with Gasteiger partial charge < -0.3 is 9.88 Å². The molecule has 0 aliphatic carbocycles. The maximum atomic E-state index is 13.1. The molecule has 0 aliphatic heterocycles. The Morgan fingerprint density at radius 2 is 1.97 bits per heavy atom. The molecule has 174 valence electrons. The third-order valence-corrected chi connectivity index (χ3v) is 7.22. The highest BCUT2D eigenvalue weighted by atomic mass is 79.9. The molecule has 0 saturated carbocycles. The van der Waals surface area contributed by atoms with E-state index in [-0.39, 0.29) is 23.4 Å². The van der Waals surface area contributed by atoms with Gasteiger partial charge in [-0.1, -0.05) is 59.7 Å². The van der Waals surface area contributed by atoms with Crippen LogP contribution in [0.1, 0.15) is 36.7 Å². The van der Waals surface area contributed by atoms with E-state index in [1.807, 2.05) is 22.8 Å². The van der Waals surface area contributed by atoms with E-state index in [1.54, 1.807) is 30.0 Å². The average Bonchev–Trinajstić information content (AvgIpc) is 3.16. The van der Waals surface area contributed by atoms with Crippen molar-refractivity contribution in [3.63, 3.8) is 0 Å². The standard InChI is InChI=1S/C24H26BrFN4OS2/c1-4-11-30-22(14-32-13-17-5-8-19(26)9-6-17)28-29-24(30)33-15-23(31)27-21-10-7-18(25)12-20(21)16(2)3/h4-10,12,16H,1,11,13-15H2,2-3H3,(H,27,31). The van der Waals surface area contributed by atoms with E-state index >= 15 is 0 Å². The van der Waals surface area contributed by atoms with Crippen molar-refractivity contribution in [2.45, 2.75) is 43.0 Å². The average molecular weight is 550 g/mol. The lowest BCUT2D eigenvalue weighted by molar-refractivity contribution is -0.113. The van der Waals surface area contributed by atoms with Gasteiger partial charge in [-0.15, -0.1) is 28.5 Å². The van der Waals surface area contributed by atoms with Crippen LogP contribution in [0.2, 0.25) is 0 Å². The highest BCUT2D eigenvalue weighted by molar-refractivity contribution is 9.10. The van der Waals surface area contributed by atoms with Crippen molar-refractivity contribution in [1.82, 2.24) is 14.8 Å². The van der Waals surface area contributed by atoms with Gasteiger partial charge in [0.05, 0.1) is 11.5 Å². The summed E-state index contributed by atoms with van der Waals surface area (Å²) >= 11 is 6.52. The van der Waals surface area contributed by atoms with Crippen LogP contribution in [0, 0.1) is 5.82 Å². The summed E-state index contributed by atoms with van der Waals surface area (Å²) in [6.07, 6.45) is 1.79. The Bertz CT molecular complexity index is 1100. The number of nitrogens with zero attached hydrogens (tertiary/aromatic N) is 3. The molecule has 0 unspecified atom stereocenters. The second-order valence-electron chi connectivity index (χ2n) is 7.64. The number of halogens is 2. The fourth-order valence-electron chi connectivity index (χ4n) is 3.13. The summed E-state index contributed by atoms with van der Waals surface area (Å²) in [5, 5.41) is 12.3. The molecular weight excluding hydrogens is 523 g/mol. The van der Waals surface area contributed by atoms with E-state index in [1.165, 1.54) is 23.9 Å². The molecule has 1 heterocycles. The van der Waals surface area contributed by atoms with Gasteiger partial charge in [0.2, 0.25) is 5.91 Å². The van der Waals surface area contributed by atoms with Crippen molar-refractivity contribution in [3.05, 3.63) is 82.4 Å². The van der Waals surface area contributed by atoms with Crippen molar-refractivity contribution in [1.29, 1.82) is 0 Å². The summed E-state index contributed by atoms with van der Waals surface area (Å²) < 4.78 is 16.0. The largest absolute Gasteiger partial charge is 0.325 e. The topological polar surface area (TPSA) is 59.8 Å². The Kier molecular flexibility index (Phi) is 9.58. The van der Waals surface area contributed by atoms with Crippen LogP contribution in [-0.4, -0.2) is 26.4 Å². The number of carbonyl (C=O) groups excluding carboxylic acids is 1.